The zero-order valence-corrected chi connectivity index (χ0v) is 18.8. The van der Waals surface area contributed by atoms with Crippen LogP contribution in [0.5, 0.6) is 5.75 Å². The van der Waals surface area contributed by atoms with Gasteiger partial charge in [-0.15, -0.1) is 0 Å². The molecule has 7 nitrogen and oxygen atoms in total. The van der Waals surface area contributed by atoms with Crippen molar-refractivity contribution in [1.82, 2.24) is 10.6 Å². The highest BCUT2D eigenvalue weighted by Crippen LogP contribution is 2.28. The lowest BCUT2D eigenvalue weighted by molar-refractivity contribution is -0.143. The summed E-state index contributed by atoms with van der Waals surface area (Å²) in [6.45, 7) is 0.626. The van der Waals surface area contributed by atoms with Crippen molar-refractivity contribution in [3.05, 3.63) is 77.9 Å². The number of amides is 2. The molecule has 0 unspecified atom stereocenters. The van der Waals surface area contributed by atoms with E-state index in [0.717, 1.165) is 10.8 Å². The number of aliphatic carboxylic acids is 1. The summed E-state index contributed by atoms with van der Waals surface area (Å²) in [5, 5.41) is 16.8. The predicted molar refractivity (Wildman–Crippen MR) is 129 cm³/mol. The number of nitrogens with one attached hydrogen (secondary N) is 2. The lowest BCUT2D eigenvalue weighted by Gasteiger charge is -2.26. The van der Waals surface area contributed by atoms with Gasteiger partial charge in [0.15, 0.2) is 0 Å². The van der Waals surface area contributed by atoms with Crippen LogP contribution in [0.15, 0.2) is 66.7 Å². The first-order valence-electron chi connectivity index (χ1n) is 11.5. The Morgan fingerprint density at radius 1 is 0.765 bits per heavy atom. The Labute approximate surface area is 198 Å². The molecule has 1 aliphatic rings. The first kappa shape index (κ1) is 23.3. The van der Waals surface area contributed by atoms with Gasteiger partial charge in [0.05, 0.1) is 12.0 Å². The number of ether oxygens (including phenoxy) is 1. The number of fused-ring (bicyclic) bond motifs is 1. The maximum Gasteiger partial charge on any atom is 0.306 e. The first-order chi connectivity index (χ1) is 16.5. The lowest BCUT2D eigenvalue weighted by Crippen LogP contribution is -2.34. The normalized spacial score (nSPS) is 17.6. The number of rotatable bonds is 8. The largest absolute Gasteiger partial charge is 0.490 e. The van der Waals surface area contributed by atoms with Crippen LogP contribution in [0.25, 0.3) is 10.8 Å². The number of carboxylic acid groups (broad SMARTS) is 1. The quantitative estimate of drug-likeness (QED) is 0.441. The Bertz CT molecular complexity index is 1170. The summed E-state index contributed by atoms with van der Waals surface area (Å²) in [5.74, 6) is -0.754. The third kappa shape index (κ3) is 5.92. The highest BCUT2D eigenvalue weighted by Gasteiger charge is 2.26. The molecule has 0 aromatic heterocycles. The summed E-state index contributed by atoms with van der Waals surface area (Å²) in [7, 11) is 0. The average molecular weight is 461 g/mol. The van der Waals surface area contributed by atoms with Gasteiger partial charge < -0.3 is 20.5 Å². The molecule has 3 N–H and O–H groups in total. The minimum absolute atomic E-state index is 0.00138. The Balaban J connectivity index is 1.19. The smallest absolute Gasteiger partial charge is 0.306 e. The molecule has 0 bridgehead atoms. The fourth-order valence-corrected chi connectivity index (χ4v) is 4.19. The van der Waals surface area contributed by atoms with Crippen molar-refractivity contribution >= 4 is 28.6 Å². The second-order valence-corrected chi connectivity index (χ2v) is 8.53. The number of carbonyl (C=O) groups excluding carboxylic acids is 2. The number of benzene rings is 3. The first-order valence-corrected chi connectivity index (χ1v) is 11.5. The number of carbonyl (C=O) groups is 3. The van der Waals surface area contributed by atoms with E-state index in [1.54, 1.807) is 30.3 Å². The van der Waals surface area contributed by atoms with Crippen LogP contribution < -0.4 is 15.4 Å². The van der Waals surface area contributed by atoms with Crippen molar-refractivity contribution < 1.29 is 24.2 Å². The van der Waals surface area contributed by atoms with Crippen LogP contribution in [0.3, 0.4) is 0 Å². The molecule has 1 fully saturated rings. The Hall–Kier alpha value is -3.87. The van der Waals surface area contributed by atoms with E-state index in [9.17, 15) is 14.4 Å². The number of hydrogen-bond acceptors (Lipinski definition) is 4. The van der Waals surface area contributed by atoms with Gasteiger partial charge in [0.25, 0.3) is 11.8 Å². The number of carboxylic acids is 1. The fourth-order valence-electron chi connectivity index (χ4n) is 4.19. The second kappa shape index (κ2) is 10.8. The van der Waals surface area contributed by atoms with Gasteiger partial charge in [-0.05, 0) is 72.9 Å². The summed E-state index contributed by atoms with van der Waals surface area (Å²) in [6.07, 6.45) is 2.67. The van der Waals surface area contributed by atoms with Crippen LogP contribution in [-0.2, 0) is 4.79 Å². The zero-order valence-electron chi connectivity index (χ0n) is 18.8. The minimum atomic E-state index is -0.734. The topological polar surface area (TPSA) is 105 Å². The molecule has 1 aliphatic carbocycles. The zero-order chi connectivity index (χ0) is 23.9. The summed E-state index contributed by atoms with van der Waals surface area (Å²) in [5.41, 5.74) is 1.08. The maximum atomic E-state index is 12.4. The van der Waals surface area contributed by atoms with Crippen molar-refractivity contribution in [1.29, 1.82) is 0 Å². The molecule has 0 heterocycles. The van der Waals surface area contributed by atoms with Gasteiger partial charge >= 0.3 is 5.97 Å². The van der Waals surface area contributed by atoms with Gasteiger partial charge in [-0.3, -0.25) is 14.4 Å². The molecule has 0 radical (unpaired) electrons. The molecule has 3 aromatic rings. The highest BCUT2D eigenvalue weighted by molar-refractivity contribution is 5.98. The van der Waals surface area contributed by atoms with Crippen LogP contribution in [0, 0.1) is 5.92 Å². The standard InChI is InChI=1S/C27H28N2O5/c30-25(19-7-11-23(12-8-19)34-24-13-9-20(10-14-24)27(32)33)28-15-16-29-26(31)22-6-5-18-3-1-2-4-21(18)17-22/h1-8,11-12,17,20,24H,9-10,13-16H2,(H,28,30)(H,29,31)(H,32,33). The molecule has 0 saturated heterocycles. The van der Waals surface area contributed by atoms with Gasteiger partial charge in [0.2, 0.25) is 0 Å². The third-order valence-corrected chi connectivity index (χ3v) is 6.15. The third-order valence-electron chi connectivity index (χ3n) is 6.15. The van der Waals surface area contributed by atoms with Gasteiger partial charge in [-0.25, -0.2) is 0 Å². The van der Waals surface area contributed by atoms with E-state index in [1.807, 2.05) is 36.4 Å². The van der Waals surface area contributed by atoms with E-state index in [-0.39, 0.29) is 23.8 Å². The van der Waals surface area contributed by atoms with Crippen molar-refractivity contribution in [2.24, 2.45) is 5.92 Å². The van der Waals surface area contributed by atoms with E-state index >= 15 is 0 Å². The number of hydrogen-bond donors (Lipinski definition) is 3. The van der Waals surface area contributed by atoms with Gasteiger partial charge in [-0.1, -0.05) is 30.3 Å². The Morgan fingerprint density at radius 3 is 2.00 bits per heavy atom. The van der Waals surface area contributed by atoms with E-state index in [4.69, 9.17) is 9.84 Å². The molecule has 4 rings (SSSR count). The summed E-state index contributed by atoms with van der Waals surface area (Å²) in [4.78, 5) is 35.8. The fraction of sp³-hybridized carbons (Fsp3) is 0.296. The van der Waals surface area contributed by atoms with Gasteiger partial charge in [0, 0.05) is 24.2 Å². The van der Waals surface area contributed by atoms with Crippen LogP contribution >= 0.6 is 0 Å². The molecule has 1 saturated carbocycles. The monoisotopic (exact) mass is 460 g/mol. The van der Waals surface area contributed by atoms with Crippen molar-refractivity contribution in [3.8, 4) is 5.75 Å². The molecule has 176 valence electrons. The van der Waals surface area contributed by atoms with Crippen LogP contribution in [0.4, 0.5) is 0 Å². The lowest BCUT2D eigenvalue weighted by atomic mass is 9.87. The molecular weight excluding hydrogens is 432 g/mol. The minimum Gasteiger partial charge on any atom is -0.490 e. The molecule has 34 heavy (non-hydrogen) atoms. The van der Waals surface area contributed by atoms with Crippen LogP contribution in [-0.4, -0.2) is 42.1 Å². The van der Waals surface area contributed by atoms with E-state index < -0.39 is 5.97 Å². The summed E-state index contributed by atoms with van der Waals surface area (Å²) in [6, 6.07) is 20.3. The molecular formula is C27H28N2O5. The second-order valence-electron chi connectivity index (χ2n) is 8.53. The van der Waals surface area contributed by atoms with E-state index in [2.05, 4.69) is 10.6 Å². The SMILES string of the molecule is O=C(NCCNC(=O)c1ccc2ccccc2c1)c1ccc(OC2CCC(C(=O)O)CC2)cc1. The predicted octanol–water partition coefficient (Wildman–Crippen LogP) is 4.02. The highest BCUT2D eigenvalue weighted by atomic mass is 16.5. The summed E-state index contributed by atoms with van der Waals surface area (Å²) >= 11 is 0. The van der Waals surface area contributed by atoms with Gasteiger partial charge in [0.1, 0.15) is 5.75 Å². The molecule has 7 heteroatoms. The molecule has 2 amide bonds. The average Bonchev–Trinajstić information content (AvgIpc) is 2.87. The Morgan fingerprint density at radius 2 is 1.35 bits per heavy atom. The molecule has 3 aromatic carbocycles. The molecule has 0 spiro atoms. The molecule has 0 atom stereocenters. The van der Waals surface area contributed by atoms with E-state index in [1.165, 1.54) is 0 Å². The maximum absolute atomic E-state index is 12.4. The summed E-state index contributed by atoms with van der Waals surface area (Å²) < 4.78 is 5.94. The van der Waals surface area contributed by atoms with Gasteiger partial charge in [-0.2, -0.15) is 0 Å². The van der Waals surface area contributed by atoms with Crippen molar-refractivity contribution in [2.75, 3.05) is 13.1 Å². The van der Waals surface area contributed by atoms with E-state index in [0.29, 0.717) is 55.6 Å². The van der Waals surface area contributed by atoms with Crippen molar-refractivity contribution in [2.45, 2.75) is 31.8 Å². The van der Waals surface area contributed by atoms with Crippen LogP contribution in [0.2, 0.25) is 0 Å². The van der Waals surface area contributed by atoms with Crippen molar-refractivity contribution in [3.63, 3.8) is 0 Å². The Kier molecular flexibility index (Phi) is 7.42. The molecule has 0 aliphatic heterocycles. The van der Waals surface area contributed by atoms with Crippen LogP contribution in [0.1, 0.15) is 46.4 Å².